The van der Waals surface area contributed by atoms with E-state index in [1.807, 2.05) is 42.5 Å². The molecule has 2 aromatic carbocycles. The van der Waals surface area contributed by atoms with E-state index in [0.717, 1.165) is 36.8 Å². The number of aryl methyl sites for hydroxylation is 1. The SMILES string of the molecule is OC1(c2ccccc2Cl)CCCCc2ccccc21. The van der Waals surface area contributed by atoms with Crippen LogP contribution in [0.3, 0.4) is 0 Å². The van der Waals surface area contributed by atoms with Gasteiger partial charge in [0.05, 0.1) is 0 Å². The standard InChI is InChI=1S/C17H17ClO/c18-16-11-4-3-10-15(16)17(19)12-6-5-8-13-7-1-2-9-14(13)17/h1-4,7,9-11,19H,5-6,8,12H2. The second-order valence-corrected chi connectivity index (χ2v) is 5.61. The third-order valence-electron chi connectivity index (χ3n) is 4.02. The monoisotopic (exact) mass is 272 g/mol. The lowest BCUT2D eigenvalue weighted by Crippen LogP contribution is -2.27. The molecule has 1 atom stereocenters. The Labute approximate surface area is 118 Å². The second-order valence-electron chi connectivity index (χ2n) is 5.20. The molecule has 1 aliphatic rings. The molecular formula is C17H17ClO. The quantitative estimate of drug-likeness (QED) is 0.768. The first-order valence-electron chi connectivity index (χ1n) is 6.77. The van der Waals surface area contributed by atoms with Crippen molar-refractivity contribution in [1.82, 2.24) is 0 Å². The van der Waals surface area contributed by atoms with Crippen LogP contribution in [0.25, 0.3) is 0 Å². The fourth-order valence-corrected chi connectivity index (χ4v) is 3.34. The van der Waals surface area contributed by atoms with E-state index in [4.69, 9.17) is 11.6 Å². The van der Waals surface area contributed by atoms with Gasteiger partial charge in [0.1, 0.15) is 5.60 Å². The minimum atomic E-state index is -0.953. The van der Waals surface area contributed by atoms with Gasteiger partial charge in [0.25, 0.3) is 0 Å². The van der Waals surface area contributed by atoms with Crippen LogP contribution in [0.15, 0.2) is 48.5 Å². The van der Waals surface area contributed by atoms with Crippen molar-refractivity contribution < 1.29 is 5.11 Å². The van der Waals surface area contributed by atoms with E-state index in [1.165, 1.54) is 5.56 Å². The fraction of sp³-hybridized carbons (Fsp3) is 0.294. The number of fused-ring (bicyclic) bond motifs is 1. The van der Waals surface area contributed by atoms with Gasteiger partial charge in [0.2, 0.25) is 0 Å². The first kappa shape index (κ1) is 12.7. The molecule has 1 nitrogen and oxygen atoms in total. The fourth-order valence-electron chi connectivity index (χ4n) is 3.05. The van der Waals surface area contributed by atoms with E-state index in [2.05, 4.69) is 6.07 Å². The first-order valence-corrected chi connectivity index (χ1v) is 7.15. The highest BCUT2D eigenvalue weighted by molar-refractivity contribution is 6.31. The van der Waals surface area contributed by atoms with Gasteiger partial charge in [-0.05, 0) is 42.9 Å². The predicted molar refractivity (Wildman–Crippen MR) is 78.4 cm³/mol. The molecule has 0 saturated carbocycles. The highest BCUT2D eigenvalue weighted by Gasteiger charge is 2.35. The molecule has 0 aromatic heterocycles. The van der Waals surface area contributed by atoms with E-state index in [-0.39, 0.29) is 0 Å². The molecule has 0 saturated heterocycles. The molecule has 1 unspecified atom stereocenters. The third kappa shape index (κ3) is 2.18. The Hall–Kier alpha value is -1.31. The van der Waals surface area contributed by atoms with Gasteiger partial charge in [-0.1, -0.05) is 54.1 Å². The van der Waals surface area contributed by atoms with Gasteiger partial charge < -0.3 is 5.11 Å². The lowest BCUT2D eigenvalue weighted by Gasteiger charge is -2.30. The minimum absolute atomic E-state index is 0.640. The summed E-state index contributed by atoms with van der Waals surface area (Å²) in [5.41, 5.74) is 2.12. The van der Waals surface area contributed by atoms with Gasteiger partial charge in [-0.15, -0.1) is 0 Å². The first-order chi connectivity index (χ1) is 9.22. The number of halogens is 1. The van der Waals surface area contributed by atoms with Crippen LogP contribution in [0.2, 0.25) is 5.02 Å². The number of hydrogen-bond donors (Lipinski definition) is 1. The van der Waals surface area contributed by atoms with Crippen LogP contribution in [0.1, 0.15) is 36.0 Å². The van der Waals surface area contributed by atoms with Crippen LogP contribution in [0.5, 0.6) is 0 Å². The summed E-state index contributed by atoms with van der Waals surface area (Å²) >= 11 is 6.31. The molecule has 19 heavy (non-hydrogen) atoms. The van der Waals surface area contributed by atoms with Crippen molar-refractivity contribution in [2.75, 3.05) is 0 Å². The molecular weight excluding hydrogens is 256 g/mol. The van der Waals surface area contributed by atoms with Crippen LogP contribution >= 0.6 is 11.6 Å². The molecule has 98 valence electrons. The predicted octanol–water partition coefficient (Wildman–Crippen LogP) is 4.30. The second kappa shape index (κ2) is 4.99. The topological polar surface area (TPSA) is 20.2 Å². The van der Waals surface area contributed by atoms with Crippen LogP contribution < -0.4 is 0 Å². The minimum Gasteiger partial charge on any atom is -0.380 e. The van der Waals surface area contributed by atoms with Gasteiger partial charge >= 0.3 is 0 Å². The van der Waals surface area contributed by atoms with Gasteiger partial charge in [0.15, 0.2) is 0 Å². The van der Waals surface area contributed by atoms with Crippen LogP contribution in [-0.2, 0) is 12.0 Å². The maximum absolute atomic E-state index is 11.3. The summed E-state index contributed by atoms with van der Waals surface area (Å²) in [6, 6.07) is 15.8. The Morgan fingerprint density at radius 2 is 1.58 bits per heavy atom. The molecule has 0 aliphatic heterocycles. The van der Waals surface area contributed by atoms with Crippen molar-refractivity contribution in [3.05, 3.63) is 70.2 Å². The summed E-state index contributed by atoms with van der Waals surface area (Å²) in [6.45, 7) is 0. The maximum atomic E-state index is 11.3. The van der Waals surface area contributed by atoms with Crippen molar-refractivity contribution in [1.29, 1.82) is 0 Å². The van der Waals surface area contributed by atoms with Gasteiger partial charge in [-0.3, -0.25) is 0 Å². The highest BCUT2D eigenvalue weighted by atomic mass is 35.5. The molecule has 2 aromatic rings. The molecule has 0 fully saturated rings. The number of benzene rings is 2. The normalized spacial score (nSPS) is 22.6. The van der Waals surface area contributed by atoms with E-state index >= 15 is 0 Å². The lowest BCUT2D eigenvalue weighted by molar-refractivity contribution is 0.0706. The zero-order chi connectivity index (χ0) is 13.3. The summed E-state index contributed by atoms with van der Waals surface area (Å²) in [6.07, 6.45) is 3.89. The molecule has 3 rings (SSSR count). The summed E-state index contributed by atoms with van der Waals surface area (Å²) in [5, 5.41) is 11.9. The summed E-state index contributed by atoms with van der Waals surface area (Å²) in [7, 11) is 0. The van der Waals surface area contributed by atoms with Crippen molar-refractivity contribution >= 4 is 11.6 Å². The van der Waals surface area contributed by atoms with Crippen molar-refractivity contribution in [2.45, 2.75) is 31.3 Å². The van der Waals surface area contributed by atoms with E-state index in [0.29, 0.717) is 5.02 Å². The molecule has 0 spiro atoms. The largest absolute Gasteiger partial charge is 0.380 e. The van der Waals surface area contributed by atoms with Crippen LogP contribution in [0.4, 0.5) is 0 Å². The van der Waals surface area contributed by atoms with E-state index < -0.39 is 5.60 Å². The summed E-state index contributed by atoms with van der Waals surface area (Å²) in [4.78, 5) is 0. The third-order valence-corrected chi connectivity index (χ3v) is 4.35. The van der Waals surface area contributed by atoms with E-state index in [9.17, 15) is 5.11 Å². The Morgan fingerprint density at radius 3 is 2.37 bits per heavy atom. The molecule has 2 heteroatoms. The number of aliphatic hydroxyl groups is 1. The van der Waals surface area contributed by atoms with E-state index in [1.54, 1.807) is 0 Å². The van der Waals surface area contributed by atoms with Crippen LogP contribution in [0, 0.1) is 0 Å². The van der Waals surface area contributed by atoms with Gasteiger partial charge in [-0.2, -0.15) is 0 Å². The average Bonchev–Trinajstić information content (AvgIpc) is 2.60. The van der Waals surface area contributed by atoms with Crippen LogP contribution in [-0.4, -0.2) is 5.11 Å². The zero-order valence-electron chi connectivity index (χ0n) is 10.8. The molecule has 0 amide bonds. The maximum Gasteiger partial charge on any atom is 0.116 e. The smallest absolute Gasteiger partial charge is 0.116 e. The Bertz CT molecular complexity index is 593. The van der Waals surface area contributed by atoms with Gasteiger partial charge in [-0.25, -0.2) is 0 Å². The Morgan fingerprint density at radius 1 is 0.895 bits per heavy atom. The molecule has 0 radical (unpaired) electrons. The van der Waals surface area contributed by atoms with Crippen molar-refractivity contribution in [3.8, 4) is 0 Å². The van der Waals surface area contributed by atoms with Crippen molar-refractivity contribution in [3.63, 3.8) is 0 Å². The Kier molecular flexibility index (Phi) is 3.34. The Balaban J connectivity index is 2.20. The lowest BCUT2D eigenvalue weighted by atomic mass is 9.82. The summed E-state index contributed by atoms with van der Waals surface area (Å²) in [5.74, 6) is 0. The molecule has 1 N–H and O–H groups in total. The zero-order valence-corrected chi connectivity index (χ0v) is 11.5. The summed E-state index contributed by atoms with van der Waals surface area (Å²) < 4.78 is 0. The van der Waals surface area contributed by atoms with Gasteiger partial charge in [0, 0.05) is 10.6 Å². The molecule has 0 heterocycles. The van der Waals surface area contributed by atoms with Crippen molar-refractivity contribution in [2.24, 2.45) is 0 Å². The average molecular weight is 273 g/mol. The number of rotatable bonds is 1. The highest BCUT2D eigenvalue weighted by Crippen LogP contribution is 2.41. The molecule has 1 aliphatic carbocycles. The molecule has 0 bridgehead atoms. The number of hydrogen-bond acceptors (Lipinski definition) is 1.